The highest BCUT2D eigenvalue weighted by Crippen LogP contribution is 2.25. The minimum absolute atomic E-state index is 0. The predicted octanol–water partition coefficient (Wildman–Crippen LogP) is 2.41. The van der Waals surface area contributed by atoms with Crippen LogP contribution in [0.5, 0.6) is 0 Å². The van der Waals surface area contributed by atoms with Gasteiger partial charge in [0.15, 0.2) is 0 Å². The largest absolute Gasteiger partial charge is 0.338 e. The molecule has 4 nitrogen and oxygen atoms in total. The smallest absolute Gasteiger partial charge is 0.226 e. The van der Waals surface area contributed by atoms with Gasteiger partial charge in [-0.2, -0.15) is 0 Å². The number of pyridine rings is 1. The maximum absolute atomic E-state index is 12.6. The van der Waals surface area contributed by atoms with Crippen molar-refractivity contribution in [3.63, 3.8) is 0 Å². The zero-order valence-corrected chi connectivity index (χ0v) is 13.0. The van der Waals surface area contributed by atoms with Gasteiger partial charge in [-0.1, -0.05) is 6.92 Å². The van der Waals surface area contributed by atoms with E-state index in [2.05, 4.69) is 17.2 Å². The molecule has 0 aromatic carbocycles. The number of carbonyl (C=O) groups is 1. The van der Waals surface area contributed by atoms with Crippen molar-refractivity contribution in [2.24, 2.45) is 5.92 Å². The van der Waals surface area contributed by atoms with Gasteiger partial charge in [0.25, 0.3) is 0 Å². The van der Waals surface area contributed by atoms with Crippen LogP contribution in [-0.4, -0.2) is 35.9 Å². The van der Waals surface area contributed by atoms with E-state index in [0.29, 0.717) is 0 Å². The molecule has 0 aliphatic carbocycles. The fraction of sp³-hybridized carbons (Fsp3) is 0.600. The van der Waals surface area contributed by atoms with Crippen LogP contribution in [0.3, 0.4) is 0 Å². The van der Waals surface area contributed by atoms with Crippen molar-refractivity contribution in [3.8, 4) is 0 Å². The van der Waals surface area contributed by atoms with Crippen molar-refractivity contribution < 1.29 is 4.79 Å². The summed E-state index contributed by atoms with van der Waals surface area (Å²) in [6.45, 7) is 4.03. The number of rotatable bonds is 4. The second-order valence-corrected chi connectivity index (χ2v) is 5.18. The van der Waals surface area contributed by atoms with Gasteiger partial charge in [0.05, 0.1) is 6.04 Å². The molecule has 1 fully saturated rings. The van der Waals surface area contributed by atoms with Gasteiger partial charge in [-0.15, -0.1) is 12.4 Å². The SMILES string of the molecule is CCC(c1ccncc1)N(C)C(=O)C1CCNCC1.Cl. The molecule has 0 spiro atoms. The molecular weight excluding hydrogens is 274 g/mol. The van der Waals surface area contributed by atoms with Crippen LogP contribution in [0, 0.1) is 5.92 Å². The third-order valence-corrected chi connectivity index (χ3v) is 3.98. The number of amides is 1. The summed E-state index contributed by atoms with van der Waals surface area (Å²) in [5.74, 6) is 0.465. The highest BCUT2D eigenvalue weighted by molar-refractivity contribution is 5.85. The Hall–Kier alpha value is -1.13. The van der Waals surface area contributed by atoms with Crippen molar-refractivity contribution >= 4 is 18.3 Å². The summed E-state index contributed by atoms with van der Waals surface area (Å²) in [6.07, 6.45) is 6.42. The van der Waals surface area contributed by atoms with Crippen molar-refractivity contribution in [3.05, 3.63) is 30.1 Å². The summed E-state index contributed by atoms with van der Waals surface area (Å²) in [7, 11) is 1.93. The molecule has 112 valence electrons. The van der Waals surface area contributed by atoms with Crippen LogP contribution in [0.1, 0.15) is 37.8 Å². The van der Waals surface area contributed by atoms with Gasteiger partial charge in [0.2, 0.25) is 5.91 Å². The number of aromatic nitrogens is 1. The van der Waals surface area contributed by atoms with Crippen LogP contribution in [0.15, 0.2) is 24.5 Å². The molecular formula is C15H24ClN3O. The Balaban J connectivity index is 0.00000200. The summed E-state index contributed by atoms with van der Waals surface area (Å²) >= 11 is 0. The maximum atomic E-state index is 12.6. The molecule has 1 saturated heterocycles. The molecule has 1 aromatic heterocycles. The van der Waals surface area contributed by atoms with Crippen molar-refractivity contribution in [1.82, 2.24) is 15.2 Å². The molecule has 1 aliphatic heterocycles. The second-order valence-electron chi connectivity index (χ2n) is 5.18. The van der Waals surface area contributed by atoms with Crippen LogP contribution in [0.25, 0.3) is 0 Å². The first-order valence-electron chi connectivity index (χ1n) is 7.11. The summed E-state index contributed by atoms with van der Waals surface area (Å²) in [5.41, 5.74) is 1.17. The van der Waals surface area contributed by atoms with Crippen LogP contribution >= 0.6 is 12.4 Å². The Labute approximate surface area is 127 Å². The van der Waals surface area contributed by atoms with Crippen LogP contribution in [0.4, 0.5) is 0 Å². The Morgan fingerprint density at radius 1 is 1.40 bits per heavy atom. The van der Waals surface area contributed by atoms with E-state index in [1.807, 2.05) is 24.1 Å². The van der Waals surface area contributed by atoms with Crippen LogP contribution in [0.2, 0.25) is 0 Å². The molecule has 1 amide bonds. The molecule has 1 N–H and O–H groups in total. The number of piperidine rings is 1. The lowest BCUT2D eigenvalue weighted by molar-refractivity contribution is -0.137. The number of nitrogens with zero attached hydrogens (tertiary/aromatic N) is 2. The van der Waals surface area contributed by atoms with E-state index in [1.165, 1.54) is 5.56 Å². The zero-order chi connectivity index (χ0) is 13.7. The molecule has 0 saturated carbocycles. The first-order valence-corrected chi connectivity index (χ1v) is 7.11. The number of hydrogen-bond acceptors (Lipinski definition) is 3. The Morgan fingerprint density at radius 3 is 2.55 bits per heavy atom. The highest BCUT2D eigenvalue weighted by Gasteiger charge is 2.27. The monoisotopic (exact) mass is 297 g/mol. The summed E-state index contributed by atoms with van der Waals surface area (Å²) < 4.78 is 0. The number of nitrogens with one attached hydrogen (secondary N) is 1. The van der Waals surface area contributed by atoms with E-state index >= 15 is 0 Å². The van der Waals surface area contributed by atoms with Gasteiger partial charge in [-0.3, -0.25) is 9.78 Å². The third kappa shape index (κ3) is 3.93. The lowest BCUT2D eigenvalue weighted by Crippen LogP contribution is -2.40. The first-order chi connectivity index (χ1) is 9.24. The summed E-state index contributed by atoms with van der Waals surface area (Å²) in [6, 6.07) is 4.16. The molecule has 20 heavy (non-hydrogen) atoms. The maximum Gasteiger partial charge on any atom is 0.226 e. The van der Waals surface area contributed by atoms with E-state index in [4.69, 9.17) is 0 Å². The van der Waals surface area contributed by atoms with E-state index in [0.717, 1.165) is 32.4 Å². The molecule has 5 heteroatoms. The molecule has 1 atom stereocenters. The van der Waals surface area contributed by atoms with E-state index in [-0.39, 0.29) is 30.3 Å². The van der Waals surface area contributed by atoms with Gasteiger partial charge >= 0.3 is 0 Å². The van der Waals surface area contributed by atoms with Gasteiger partial charge in [-0.25, -0.2) is 0 Å². The van der Waals surface area contributed by atoms with Crippen LogP contribution < -0.4 is 5.32 Å². The van der Waals surface area contributed by atoms with Crippen molar-refractivity contribution in [2.75, 3.05) is 20.1 Å². The minimum Gasteiger partial charge on any atom is -0.338 e. The third-order valence-electron chi connectivity index (χ3n) is 3.98. The predicted molar refractivity (Wildman–Crippen MR) is 82.9 cm³/mol. The zero-order valence-electron chi connectivity index (χ0n) is 12.2. The van der Waals surface area contributed by atoms with Gasteiger partial charge < -0.3 is 10.2 Å². The average Bonchev–Trinajstić information content (AvgIpc) is 2.49. The van der Waals surface area contributed by atoms with E-state index < -0.39 is 0 Å². The molecule has 1 aromatic rings. The average molecular weight is 298 g/mol. The molecule has 1 unspecified atom stereocenters. The molecule has 1 aliphatic rings. The Bertz CT molecular complexity index is 407. The number of halogens is 1. The van der Waals surface area contributed by atoms with Gasteiger partial charge in [-0.05, 0) is 50.0 Å². The topological polar surface area (TPSA) is 45.2 Å². The summed E-state index contributed by atoms with van der Waals surface area (Å²) in [5, 5.41) is 3.30. The second kappa shape index (κ2) is 8.22. The van der Waals surface area contributed by atoms with Gasteiger partial charge in [0, 0.05) is 25.4 Å². The molecule has 0 bridgehead atoms. The standard InChI is InChI=1S/C15H23N3O.ClH/c1-3-14(12-4-8-16-9-5-12)18(2)15(19)13-6-10-17-11-7-13;/h4-5,8-9,13-14,17H,3,6-7,10-11H2,1-2H3;1H. The van der Waals surface area contributed by atoms with E-state index in [1.54, 1.807) is 12.4 Å². The van der Waals surface area contributed by atoms with Gasteiger partial charge in [0.1, 0.15) is 0 Å². The van der Waals surface area contributed by atoms with Crippen molar-refractivity contribution in [2.45, 2.75) is 32.2 Å². The summed E-state index contributed by atoms with van der Waals surface area (Å²) in [4.78, 5) is 18.5. The first kappa shape index (κ1) is 16.9. The quantitative estimate of drug-likeness (QED) is 0.928. The van der Waals surface area contributed by atoms with E-state index in [9.17, 15) is 4.79 Å². The lowest BCUT2D eigenvalue weighted by Gasteiger charge is -2.32. The highest BCUT2D eigenvalue weighted by atomic mass is 35.5. The Morgan fingerprint density at radius 2 is 2.00 bits per heavy atom. The number of hydrogen-bond donors (Lipinski definition) is 1. The fourth-order valence-electron chi connectivity index (χ4n) is 2.83. The van der Waals surface area contributed by atoms with Crippen LogP contribution in [-0.2, 0) is 4.79 Å². The minimum atomic E-state index is 0. The number of carbonyl (C=O) groups excluding carboxylic acids is 1. The fourth-order valence-corrected chi connectivity index (χ4v) is 2.83. The molecule has 2 rings (SSSR count). The Kier molecular flexibility index (Phi) is 6.96. The normalized spacial score (nSPS) is 17.1. The lowest BCUT2D eigenvalue weighted by atomic mass is 9.95. The molecule has 0 radical (unpaired) electrons. The molecule has 2 heterocycles. The van der Waals surface area contributed by atoms with Crippen molar-refractivity contribution in [1.29, 1.82) is 0 Å².